The van der Waals surface area contributed by atoms with E-state index in [0.717, 1.165) is 19.3 Å². The summed E-state index contributed by atoms with van der Waals surface area (Å²) in [5.41, 5.74) is 0.950. The molecule has 36 heavy (non-hydrogen) atoms. The summed E-state index contributed by atoms with van der Waals surface area (Å²) >= 11 is 0. The summed E-state index contributed by atoms with van der Waals surface area (Å²) in [5.74, 6) is -2.31. The maximum atomic E-state index is 12.6. The number of carboxylic acid groups (broad SMARTS) is 1. The number of hydroxylamine groups is 2. The highest BCUT2D eigenvalue weighted by atomic mass is 16.5. The minimum atomic E-state index is -1.12. The second-order valence-corrected chi connectivity index (χ2v) is 8.04. The van der Waals surface area contributed by atoms with Crippen LogP contribution in [0.15, 0.2) is 36.4 Å². The van der Waals surface area contributed by atoms with Crippen molar-refractivity contribution in [3.8, 4) is 17.0 Å². The summed E-state index contributed by atoms with van der Waals surface area (Å²) in [7, 11) is 0. The second kappa shape index (κ2) is 14.4. The van der Waals surface area contributed by atoms with Crippen LogP contribution in [0.25, 0.3) is 11.3 Å². The molecular formula is C25H32N4O7. The maximum Gasteiger partial charge on any atom is 0.335 e. The summed E-state index contributed by atoms with van der Waals surface area (Å²) in [6, 6.07) is 9.24. The lowest BCUT2D eigenvalue weighted by molar-refractivity contribution is -0.154. The lowest BCUT2D eigenvalue weighted by Gasteiger charge is -2.19. The van der Waals surface area contributed by atoms with E-state index in [2.05, 4.69) is 15.6 Å². The Morgan fingerprint density at radius 2 is 1.92 bits per heavy atom. The van der Waals surface area contributed by atoms with Gasteiger partial charge >= 0.3 is 5.97 Å². The van der Waals surface area contributed by atoms with Gasteiger partial charge in [-0.3, -0.25) is 19.6 Å². The zero-order valence-electron chi connectivity index (χ0n) is 20.4. The Morgan fingerprint density at radius 3 is 2.58 bits per heavy atom. The Labute approximate surface area is 209 Å². The van der Waals surface area contributed by atoms with Crippen molar-refractivity contribution in [2.24, 2.45) is 5.92 Å². The van der Waals surface area contributed by atoms with Gasteiger partial charge in [-0.15, -0.1) is 0 Å². The van der Waals surface area contributed by atoms with Crippen molar-refractivity contribution in [2.45, 2.75) is 39.5 Å². The molecule has 1 unspecified atom stereocenters. The monoisotopic (exact) mass is 500 g/mol. The Bertz CT molecular complexity index is 1060. The largest absolute Gasteiger partial charge is 0.494 e. The van der Waals surface area contributed by atoms with Gasteiger partial charge in [0.2, 0.25) is 12.3 Å². The van der Waals surface area contributed by atoms with E-state index < -0.39 is 23.7 Å². The zero-order chi connectivity index (χ0) is 26.5. The Morgan fingerprint density at radius 1 is 1.14 bits per heavy atom. The van der Waals surface area contributed by atoms with Crippen LogP contribution in [-0.4, -0.2) is 64.4 Å². The van der Waals surface area contributed by atoms with Gasteiger partial charge < -0.3 is 20.5 Å². The van der Waals surface area contributed by atoms with Crippen molar-refractivity contribution >= 4 is 24.2 Å². The van der Waals surface area contributed by atoms with E-state index in [4.69, 9.17) is 4.74 Å². The fourth-order valence-corrected chi connectivity index (χ4v) is 3.50. The number of benzene rings is 1. The molecule has 0 aliphatic heterocycles. The van der Waals surface area contributed by atoms with Crippen LogP contribution in [0.3, 0.4) is 0 Å². The number of carbonyl (C=O) groups is 4. The first-order valence-corrected chi connectivity index (χ1v) is 11.7. The van der Waals surface area contributed by atoms with E-state index >= 15 is 0 Å². The predicted molar refractivity (Wildman–Crippen MR) is 130 cm³/mol. The molecular weight excluding hydrogens is 468 g/mol. The molecule has 11 heteroatoms. The minimum absolute atomic E-state index is 0.0276. The first-order valence-electron chi connectivity index (χ1n) is 11.7. The second-order valence-electron chi connectivity index (χ2n) is 8.04. The number of ether oxygens (including phenoxy) is 1. The lowest BCUT2D eigenvalue weighted by atomic mass is 10.0. The molecule has 1 aromatic heterocycles. The van der Waals surface area contributed by atoms with Gasteiger partial charge in [-0.25, -0.2) is 14.8 Å². The van der Waals surface area contributed by atoms with Gasteiger partial charge in [0.25, 0.3) is 5.91 Å². The van der Waals surface area contributed by atoms with Gasteiger partial charge in [-0.05, 0) is 43.7 Å². The molecule has 0 spiro atoms. The Kier molecular flexibility index (Phi) is 11.3. The molecule has 1 aromatic carbocycles. The van der Waals surface area contributed by atoms with Gasteiger partial charge in [0.1, 0.15) is 11.4 Å². The third kappa shape index (κ3) is 8.66. The molecule has 11 nitrogen and oxygen atoms in total. The number of pyridine rings is 1. The van der Waals surface area contributed by atoms with Crippen molar-refractivity contribution in [1.29, 1.82) is 0 Å². The summed E-state index contributed by atoms with van der Waals surface area (Å²) < 4.78 is 5.44. The molecule has 0 bridgehead atoms. The fourth-order valence-electron chi connectivity index (χ4n) is 3.50. The number of hydrogen-bond donors (Lipinski definition) is 4. The van der Waals surface area contributed by atoms with Crippen LogP contribution in [0.2, 0.25) is 0 Å². The molecule has 0 aliphatic rings. The van der Waals surface area contributed by atoms with Gasteiger partial charge in [0.15, 0.2) is 0 Å². The Balaban J connectivity index is 2.06. The first-order chi connectivity index (χ1) is 17.3. The average molecular weight is 501 g/mol. The SMILES string of the molecule is CCCCCC(CN(O)C=O)C(=O)NCNC(=O)c1cccc(-c2cc(OCC)cc(C(=O)O)c2)n1. The molecule has 3 amide bonds. The quantitative estimate of drug-likeness (QED) is 0.0955. The third-order valence-corrected chi connectivity index (χ3v) is 5.31. The first kappa shape index (κ1) is 28.2. The number of carbonyl (C=O) groups excluding carboxylic acids is 3. The number of hydrogen-bond acceptors (Lipinski definition) is 7. The van der Waals surface area contributed by atoms with Crippen LogP contribution in [0.1, 0.15) is 60.4 Å². The van der Waals surface area contributed by atoms with Crippen LogP contribution < -0.4 is 15.4 Å². The predicted octanol–water partition coefficient (Wildman–Crippen LogP) is 2.69. The van der Waals surface area contributed by atoms with E-state index in [9.17, 15) is 29.5 Å². The summed E-state index contributed by atoms with van der Waals surface area (Å²) in [4.78, 5) is 51.7. The molecule has 1 heterocycles. The number of nitrogens with zero attached hydrogens (tertiary/aromatic N) is 2. The number of rotatable bonds is 15. The van der Waals surface area contributed by atoms with Gasteiger partial charge in [-0.2, -0.15) is 0 Å². The highest BCUT2D eigenvalue weighted by Crippen LogP contribution is 2.25. The molecule has 0 aliphatic carbocycles. The van der Waals surface area contributed by atoms with E-state index in [-0.39, 0.29) is 30.9 Å². The van der Waals surface area contributed by atoms with Crippen LogP contribution >= 0.6 is 0 Å². The maximum absolute atomic E-state index is 12.6. The molecule has 2 aromatic rings. The number of aromatic carboxylic acids is 1. The van der Waals surface area contributed by atoms with E-state index in [1.165, 1.54) is 18.2 Å². The van der Waals surface area contributed by atoms with Gasteiger partial charge in [0, 0.05) is 5.56 Å². The van der Waals surface area contributed by atoms with E-state index in [0.29, 0.717) is 35.1 Å². The molecule has 194 valence electrons. The summed E-state index contributed by atoms with van der Waals surface area (Å²) in [6.45, 7) is 3.84. The molecule has 2 rings (SSSR count). The zero-order valence-corrected chi connectivity index (χ0v) is 20.4. The molecule has 0 saturated heterocycles. The van der Waals surface area contributed by atoms with Crippen molar-refractivity contribution in [3.63, 3.8) is 0 Å². The number of carboxylic acids is 1. The fraction of sp³-hybridized carbons (Fsp3) is 0.400. The number of amides is 3. The number of nitrogens with one attached hydrogen (secondary N) is 2. The Hall–Kier alpha value is -3.99. The highest BCUT2D eigenvalue weighted by molar-refractivity contribution is 5.93. The van der Waals surface area contributed by atoms with Crippen LogP contribution in [0.4, 0.5) is 0 Å². The number of aromatic nitrogens is 1. The summed E-state index contributed by atoms with van der Waals surface area (Å²) in [5, 5.41) is 24.5. The van der Waals surface area contributed by atoms with E-state index in [1.54, 1.807) is 25.1 Å². The standard InChI is InChI=1S/C25H32N4O7/c1-3-5-6-8-17(14-29(35)16-30)23(31)26-15-27-24(32)22-10-7-9-21(28-22)18-11-19(25(33)34)13-20(12-18)36-4-2/h7,9-13,16-17,35H,3-6,8,14-15H2,1-2H3,(H,26,31)(H,27,32)(H,33,34). The van der Waals surface area contributed by atoms with Gasteiger partial charge in [-0.1, -0.05) is 32.3 Å². The van der Waals surface area contributed by atoms with Crippen molar-refractivity contribution in [1.82, 2.24) is 20.7 Å². The minimum Gasteiger partial charge on any atom is -0.494 e. The number of unbranched alkanes of at least 4 members (excludes halogenated alkanes) is 2. The molecule has 0 radical (unpaired) electrons. The average Bonchev–Trinajstić information content (AvgIpc) is 2.88. The topological polar surface area (TPSA) is 158 Å². The van der Waals surface area contributed by atoms with E-state index in [1.807, 2.05) is 6.92 Å². The highest BCUT2D eigenvalue weighted by Gasteiger charge is 2.21. The van der Waals surface area contributed by atoms with Crippen molar-refractivity contribution in [3.05, 3.63) is 47.7 Å². The normalized spacial score (nSPS) is 11.3. The summed E-state index contributed by atoms with van der Waals surface area (Å²) in [6.07, 6.45) is 3.36. The van der Waals surface area contributed by atoms with Crippen LogP contribution in [0, 0.1) is 5.92 Å². The van der Waals surface area contributed by atoms with Crippen LogP contribution in [-0.2, 0) is 9.59 Å². The molecule has 1 atom stereocenters. The van der Waals surface area contributed by atoms with Gasteiger partial charge in [0.05, 0.1) is 37.0 Å². The van der Waals surface area contributed by atoms with Crippen molar-refractivity contribution < 1.29 is 34.2 Å². The van der Waals surface area contributed by atoms with Crippen molar-refractivity contribution in [2.75, 3.05) is 19.8 Å². The third-order valence-electron chi connectivity index (χ3n) is 5.31. The van der Waals surface area contributed by atoms with Crippen LogP contribution in [0.5, 0.6) is 5.75 Å². The smallest absolute Gasteiger partial charge is 0.335 e. The molecule has 4 N–H and O–H groups in total. The lowest BCUT2D eigenvalue weighted by Crippen LogP contribution is -2.43. The molecule has 0 fully saturated rings. The molecule has 0 saturated carbocycles.